The fourth-order valence-electron chi connectivity index (χ4n) is 4.18. The number of carbonyl (C=O) groups excluding carboxylic acids is 1. The van der Waals surface area contributed by atoms with Crippen LogP contribution in [0.3, 0.4) is 0 Å². The van der Waals surface area contributed by atoms with Crippen LogP contribution in [0.15, 0.2) is 52.2 Å². The predicted molar refractivity (Wildman–Crippen MR) is 121 cm³/mol. The first-order chi connectivity index (χ1) is 16.7. The molecule has 0 amide bonds. The number of nitrogens with zero attached hydrogens (tertiary/aromatic N) is 1. The van der Waals surface area contributed by atoms with Gasteiger partial charge in [0, 0.05) is 18.7 Å². The molecule has 3 heterocycles. The van der Waals surface area contributed by atoms with Gasteiger partial charge in [-0.05, 0) is 12.1 Å². The Bertz CT molecular complexity index is 1210. The van der Waals surface area contributed by atoms with E-state index in [0.717, 1.165) is 10.6 Å². The van der Waals surface area contributed by atoms with E-state index in [0.29, 0.717) is 13.0 Å². The van der Waals surface area contributed by atoms with Crippen LogP contribution >= 0.6 is 7.60 Å². The third kappa shape index (κ3) is 5.12. The number of para-hydroxylation sites is 1. The molecule has 190 valence electrons. The summed E-state index contributed by atoms with van der Waals surface area (Å²) in [6.07, 6.45) is -1.95. The number of methoxy groups -OCH3 is 1. The molecular weight excluding hydrogens is 483 g/mol. The zero-order valence-electron chi connectivity index (χ0n) is 19.2. The summed E-state index contributed by atoms with van der Waals surface area (Å²) in [4.78, 5) is 37.9. The molecule has 0 saturated carbocycles. The molecule has 2 aliphatic heterocycles. The molecule has 2 N–H and O–H groups in total. The summed E-state index contributed by atoms with van der Waals surface area (Å²) in [6, 6.07) is 9.48. The van der Waals surface area contributed by atoms with Crippen molar-refractivity contribution in [2.75, 3.05) is 26.5 Å². The van der Waals surface area contributed by atoms with Crippen molar-refractivity contribution in [1.29, 1.82) is 0 Å². The van der Waals surface area contributed by atoms with E-state index in [-0.39, 0.29) is 18.5 Å². The first-order valence-electron chi connectivity index (χ1n) is 11.0. The maximum atomic E-state index is 13.6. The largest absolute Gasteiger partial charge is 0.469 e. The maximum Gasteiger partial charge on any atom is 0.380 e. The number of rotatable bonds is 9. The molecule has 12 nitrogen and oxygen atoms in total. The molecular formula is C22H27N2O10P. The van der Waals surface area contributed by atoms with Crippen molar-refractivity contribution in [3.63, 3.8) is 0 Å². The molecule has 6 atom stereocenters. The third-order valence-corrected chi connectivity index (χ3v) is 8.09. The zero-order valence-corrected chi connectivity index (χ0v) is 20.1. The minimum Gasteiger partial charge on any atom is -0.469 e. The summed E-state index contributed by atoms with van der Waals surface area (Å²) in [5.41, 5.74) is -2.54. The van der Waals surface area contributed by atoms with Crippen molar-refractivity contribution in [1.82, 2.24) is 9.55 Å². The average molecular weight is 510 g/mol. The van der Waals surface area contributed by atoms with Crippen LogP contribution in [0.25, 0.3) is 0 Å². The van der Waals surface area contributed by atoms with Crippen LogP contribution in [0.1, 0.15) is 19.6 Å². The van der Waals surface area contributed by atoms with E-state index in [4.69, 9.17) is 23.3 Å². The number of hydrogen-bond donors (Lipinski definition) is 2. The van der Waals surface area contributed by atoms with Gasteiger partial charge in [0.05, 0.1) is 32.4 Å². The number of carbonyl (C=O) groups is 1. The third-order valence-electron chi connectivity index (χ3n) is 6.07. The van der Waals surface area contributed by atoms with Gasteiger partial charge in [0.2, 0.25) is 0 Å². The molecule has 2 saturated heterocycles. The molecule has 0 bridgehead atoms. The number of hydrogen-bond acceptors (Lipinski definition) is 10. The molecule has 1 spiro atoms. The van der Waals surface area contributed by atoms with Crippen LogP contribution in [0.5, 0.6) is 5.75 Å². The number of aliphatic hydroxyl groups excluding tert-OH is 1. The number of nitrogens with one attached hydrogen (secondary N) is 1. The molecule has 2 fully saturated rings. The lowest BCUT2D eigenvalue weighted by Crippen LogP contribution is -2.57. The van der Waals surface area contributed by atoms with Gasteiger partial charge >= 0.3 is 19.3 Å². The molecule has 3 unspecified atom stereocenters. The highest BCUT2D eigenvalue weighted by molar-refractivity contribution is 7.54. The van der Waals surface area contributed by atoms with Crippen LogP contribution in [0.2, 0.25) is 0 Å². The minimum atomic E-state index is -3.93. The molecule has 2 aliphatic rings. The van der Waals surface area contributed by atoms with Gasteiger partial charge in [-0.2, -0.15) is 0 Å². The van der Waals surface area contributed by atoms with Crippen molar-refractivity contribution in [3.05, 3.63) is 63.4 Å². The lowest BCUT2D eigenvalue weighted by atomic mass is 9.86. The number of aromatic nitrogens is 2. The number of esters is 1. The van der Waals surface area contributed by atoms with Crippen molar-refractivity contribution < 1.29 is 37.7 Å². The Hall–Kier alpha value is -2.76. The fraction of sp³-hybridized carbons (Fsp3) is 0.500. The van der Waals surface area contributed by atoms with Gasteiger partial charge in [-0.3, -0.25) is 23.7 Å². The highest BCUT2D eigenvalue weighted by Crippen LogP contribution is 2.52. The summed E-state index contributed by atoms with van der Waals surface area (Å²) >= 11 is 0. The van der Waals surface area contributed by atoms with Crippen LogP contribution in [0.4, 0.5) is 0 Å². The number of aromatic amines is 1. The lowest BCUT2D eigenvalue weighted by molar-refractivity contribution is -0.227. The lowest BCUT2D eigenvalue weighted by Gasteiger charge is -2.44. The van der Waals surface area contributed by atoms with Crippen LogP contribution in [-0.2, 0) is 28.1 Å². The molecule has 1 aromatic carbocycles. The second kappa shape index (κ2) is 10.1. The summed E-state index contributed by atoms with van der Waals surface area (Å²) < 4.78 is 42.5. The van der Waals surface area contributed by atoms with E-state index in [2.05, 4.69) is 4.98 Å². The zero-order chi connectivity index (χ0) is 25.2. The second-order valence-corrected chi connectivity index (χ2v) is 10.5. The van der Waals surface area contributed by atoms with E-state index in [1.54, 1.807) is 30.3 Å². The highest BCUT2D eigenvalue weighted by Gasteiger charge is 2.62. The topological polar surface area (TPSA) is 155 Å². The van der Waals surface area contributed by atoms with Crippen LogP contribution in [-0.4, -0.2) is 64.9 Å². The van der Waals surface area contributed by atoms with Crippen molar-refractivity contribution in [2.45, 2.75) is 37.4 Å². The monoisotopic (exact) mass is 510 g/mol. The van der Waals surface area contributed by atoms with Gasteiger partial charge in [-0.15, -0.1) is 0 Å². The van der Waals surface area contributed by atoms with E-state index in [9.17, 15) is 24.1 Å². The quantitative estimate of drug-likeness (QED) is 0.369. The Balaban J connectivity index is 1.55. The molecule has 0 radical (unpaired) electrons. The second-order valence-electron chi connectivity index (χ2n) is 8.46. The maximum absolute atomic E-state index is 13.6. The van der Waals surface area contributed by atoms with Gasteiger partial charge < -0.3 is 23.8 Å². The van der Waals surface area contributed by atoms with E-state index < -0.39 is 54.8 Å². The number of H-pyrrole nitrogens is 1. The summed E-state index contributed by atoms with van der Waals surface area (Å²) in [5, 5.41) is 11.0. The van der Waals surface area contributed by atoms with E-state index in [1.807, 2.05) is 0 Å². The van der Waals surface area contributed by atoms with Gasteiger partial charge in [-0.1, -0.05) is 25.1 Å². The Kier molecular flexibility index (Phi) is 7.30. The van der Waals surface area contributed by atoms with Crippen molar-refractivity contribution >= 4 is 13.6 Å². The van der Waals surface area contributed by atoms with Crippen molar-refractivity contribution in [3.8, 4) is 5.75 Å². The Morgan fingerprint density at radius 3 is 2.63 bits per heavy atom. The molecule has 13 heteroatoms. The van der Waals surface area contributed by atoms with Gasteiger partial charge in [0.1, 0.15) is 23.6 Å². The van der Waals surface area contributed by atoms with Crippen LogP contribution < -0.4 is 15.8 Å². The fourth-order valence-corrected chi connectivity index (χ4v) is 6.05. The number of aliphatic hydroxyl groups is 1. The van der Waals surface area contributed by atoms with Gasteiger partial charge in [0.25, 0.3) is 5.56 Å². The Labute approximate surface area is 200 Å². The number of ether oxygens (including phenoxy) is 3. The Morgan fingerprint density at radius 2 is 2.03 bits per heavy atom. The molecule has 2 aromatic rings. The predicted octanol–water partition coefficient (Wildman–Crippen LogP) is 1.05. The number of benzene rings is 1. The van der Waals surface area contributed by atoms with Crippen molar-refractivity contribution in [2.24, 2.45) is 5.92 Å². The van der Waals surface area contributed by atoms with Gasteiger partial charge in [-0.25, -0.2) is 9.36 Å². The normalized spacial score (nSPS) is 28.1. The molecule has 35 heavy (non-hydrogen) atoms. The van der Waals surface area contributed by atoms with E-state index >= 15 is 0 Å². The highest BCUT2D eigenvalue weighted by atomic mass is 31.2. The first-order valence-corrected chi connectivity index (χ1v) is 12.8. The standard InChI is InChI=1S/C22H27N2O10P/c1-14(19(27)30-2)13-35(29,34-15-6-4-3-5-7-15)32-12-16-18(26)22(9-11-31-22)20(33-16)24-10-8-17(25)23-21(24)28/h3-8,10,14,16,18,20,26H,9,11-13H2,1-2H3,(H,23,25,28)/t14-,16?,18-,20?,22+,35?/m1/s1. The summed E-state index contributed by atoms with van der Waals surface area (Å²) in [7, 11) is -2.71. The Morgan fingerprint density at radius 1 is 1.31 bits per heavy atom. The van der Waals surface area contributed by atoms with Gasteiger partial charge in [0.15, 0.2) is 6.23 Å². The summed E-state index contributed by atoms with van der Waals surface area (Å²) in [6.45, 7) is 1.50. The van der Waals surface area contributed by atoms with Crippen LogP contribution in [0, 0.1) is 5.92 Å². The molecule has 0 aliphatic carbocycles. The molecule has 4 rings (SSSR count). The summed E-state index contributed by atoms with van der Waals surface area (Å²) in [5.74, 6) is -1.10. The minimum absolute atomic E-state index is 0.275. The smallest absolute Gasteiger partial charge is 0.380 e. The average Bonchev–Trinajstić information content (AvgIpc) is 3.10. The van der Waals surface area contributed by atoms with E-state index in [1.165, 1.54) is 20.2 Å². The SMILES string of the molecule is COC(=O)[C@H](C)CP(=O)(OCC1OC(n2ccc(=O)[nH]c2=O)[C@]2(CCO2)[C@@H]1O)Oc1ccccc1. The molecule has 1 aromatic heterocycles. The first kappa shape index (κ1) is 25.3.